The van der Waals surface area contributed by atoms with Crippen molar-refractivity contribution in [2.45, 2.75) is 64.2 Å². The summed E-state index contributed by atoms with van der Waals surface area (Å²) in [5.41, 5.74) is -1.74. The maximum Gasteiger partial charge on any atom is 0.416 e. The Morgan fingerprint density at radius 2 is 1.64 bits per heavy atom. The number of cyclic esters (lactones) is 1. The van der Waals surface area contributed by atoms with Gasteiger partial charge in [-0.2, -0.15) is 26.3 Å². The van der Waals surface area contributed by atoms with Crippen LogP contribution in [0.5, 0.6) is 5.75 Å². The van der Waals surface area contributed by atoms with E-state index in [9.17, 15) is 35.5 Å². The summed E-state index contributed by atoms with van der Waals surface area (Å²) in [6.07, 6.45) is -12.5. The Kier molecular flexibility index (Phi) is 8.69. The third kappa shape index (κ3) is 6.58. The molecule has 5 nitrogen and oxygen atoms in total. The van der Waals surface area contributed by atoms with E-state index < -0.39 is 53.1 Å². The molecule has 0 N–H and O–H groups in total. The van der Waals surface area contributed by atoms with Crippen molar-refractivity contribution in [3.8, 4) is 16.9 Å². The lowest BCUT2D eigenvalue weighted by molar-refractivity contribution is -0.143. The van der Waals surface area contributed by atoms with E-state index in [4.69, 9.17) is 21.1 Å². The summed E-state index contributed by atoms with van der Waals surface area (Å²) in [7, 11) is 1.37. The van der Waals surface area contributed by atoms with E-state index in [-0.39, 0.29) is 35.9 Å². The highest BCUT2D eigenvalue weighted by atomic mass is 35.5. The number of nitrogens with zero attached hydrogens (tertiary/aromatic N) is 2. The first kappa shape index (κ1) is 31.4. The molecular formula is C29H26ClF7N2O3. The van der Waals surface area contributed by atoms with E-state index in [1.54, 1.807) is 19.1 Å². The van der Waals surface area contributed by atoms with Gasteiger partial charge in [0.1, 0.15) is 22.8 Å². The van der Waals surface area contributed by atoms with E-state index in [0.717, 1.165) is 0 Å². The van der Waals surface area contributed by atoms with Crippen molar-refractivity contribution >= 4 is 17.7 Å². The number of carbonyl (C=O) groups is 1. The molecule has 3 aromatic rings. The van der Waals surface area contributed by atoms with Crippen LogP contribution in [-0.2, 0) is 23.6 Å². The predicted molar refractivity (Wildman–Crippen MR) is 141 cm³/mol. The van der Waals surface area contributed by atoms with Gasteiger partial charge < -0.3 is 9.47 Å². The molecule has 2 heterocycles. The number of hydrogen-bond donors (Lipinski definition) is 0. The van der Waals surface area contributed by atoms with Crippen LogP contribution in [0.25, 0.3) is 11.1 Å². The van der Waals surface area contributed by atoms with Crippen LogP contribution >= 0.6 is 11.6 Å². The standard InChI is InChI=1S/C29H26ClF7N2O3/c1-14(2)20-11-21(25(41-4)12-22(20)31)19-5-6-26(30)38-23(19)13-39-15(3)7-24(42-27(39)40)16-8-17(28(32,33)34)10-18(9-16)29(35,36)37/h5-6,8-12,14-15,24H,7,13H2,1-4H3/t15-,24-/m0/s1. The molecule has 0 unspecified atom stereocenters. The van der Waals surface area contributed by atoms with Crippen molar-refractivity contribution in [1.82, 2.24) is 9.88 Å². The van der Waals surface area contributed by atoms with Crippen molar-refractivity contribution < 1.29 is 45.0 Å². The largest absolute Gasteiger partial charge is 0.496 e. The van der Waals surface area contributed by atoms with Crippen LogP contribution < -0.4 is 4.74 Å². The third-order valence-electron chi connectivity index (χ3n) is 7.04. The molecular weight excluding hydrogens is 593 g/mol. The second-order valence-corrected chi connectivity index (χ2v) is 10.7. The highest BCUT2D eigenvalue weighted by molar-refractivity contribution is 6.29. The number of halogens is 8. The minimum atomic E-state index is -5.04. The molecule has 0 saturated carbocycles. The first-order valence-electron chi connectivity index (χ1n) is 12.8. The monoisotopic (exact) mass is 618 g/mol. The molecule has 2 atom stereocenters. The first-order chi connectivity index (χ1) is 19.5. The van der Waals surface area contributed by atoms with Crippen molar-refractivity contribution in [1.29, 1.82) is 0 Å². The number of pyridine rings is 1. The van der Waals surface area contributed by atoms with E-state index in [2.05, 4.69) is 4.98 Å². The molecule has 1 aromatic heterocycles. The molecule has 4 rings (SSSR count). The van der Waals surface area contributed by atoms with Crippen LogP contribution in [-0.4, -0.2) is 29.1 Å². The Hall–Kier alpha value is -3.54. The molecule has 2 aromatic carbocycles. The van der Waals surface area contributed by atoms with Crippen molar-refractivity contribution in [2.24, 2.45) is 0 Å². The van der Waals surface area contributed by atoms with Gasteiger partial charge in [0.05, 0.1) is 30.5 Å². The van der Waals surface area contributed by atoms with Crippen LogP contribution in [0.2, 0.25) is 5.15 Å². The first-order valence-corrected chi connectivity index (χ1v) is 13.2. The Labute approximate surface area is 242 Å². The predicted octanol–water partition coefficient (Wildman–Crippen LogP) is 9.18. The Balaban J connectivity index is 1.68. The number of ether oxygens (including phenoxy) is 2. The smallest absolute Gasteiger partial charge is 0.416 e. The van der Waals surface area contributed by atoms with Crippen LogP contribution in [0.4, 0.5) is 35.5 Å². The van der Waals surface area contributed by atoms with E-state index >= 15 is 0 Å². The van der Waals surface area contributed by atoms with Crippen molar-refractivity contribution in [2.75, 3.05) is 7.11 Å². The second kappa shape index (κ2) is 11.6. The lowest BCUT2D eigenvalue weighted by atomic mass is 9.94. The van der Waals surface area contributed by atoms with Gasteiger partial charge in [-0.1, -0.05) is 25.4 Å². The quantitative estimate of drug-likeness (QED) is 0.204. The molecule has 1 aliphatic rings. The lowest BCUT2D eigenvalue weighted by Crippen LogP contribution is -2.44. The summed E-state index contributed by atoms with van der Waals surface area (Å²) in [5, 5.41) is 0.0958. The Morgan fingerprint density at radius 1 is 1.02 bits per heavy atom. The number of rotatable bonds is 6. The highest BCUT2D eigenvalue weighted by Crippen LogP contribution is 2.41. The topological polar surface area (TPSA) is 51.7 Å². The molecule has 13 heteroatoms. The fourth-order valence-corrected chi connectivity index (χ4v) is 5.00. The van der Waals surface area contributed by atoms with Crippen LogP contribution in [0.15, 0.2) is 42.5 Å². The number of benzene rings is 2. The fourth-order valence-electron chi connectivity index (χ4n) is 4.84. The minimum Gasteiger partial charge on any atom is -0.496 e. The summed E-state index contributed by atoms with van der Waals surface area (Å²) < 4.78 is 106. The van der Waals surface area contributed by atoms with Crippen LogP contribution in [0, 0.1) is 5.82 Å². The van der Waals surface area contributed by atoms with Crippen LogP contribution in [0.3, 0.4) is 0 Å². The maximum atomic E-state index is 14.7. The van der Waals surface area contributed by atoms with Gasteiger partial charge in [-0.3, -0.25) is 4.90 Å². The van der Waals surface area contributed by atoms with Gasteiger partial charge in [0, 0.05) is 29.7 Å². The number of carbonyl (C=O) groups excluding carboxylic acids is 1. The molecule has 0 radical (unpaired) electrons. The van der Waals surface area contributed by atoms with Gasteiger partial charge in [-0.25, -0.2) is 14.2 Å². The normalized spacial score (nSPS) is 17.9. The van der Waals surface area contributed by atoms with Crippen molar-refractivity contribution in [3.05, 3.63) is 81.4 Å². The molecule has 1 saturated heterocycles. The highest BCUT2D eigenvalue weighted by Gasteiger charge is 2.40. The van der Waals surface area contributed by atoms with Gasteiger partial charge >= 0.3 is 18.4 Å². The SMILES string of the molecule is COc1cc(F)c(C(C)C)cc1-c1ccc(Cl)nc1CN1C(=O)O[C@H](c2cc(C(F)(F)F)cc(C(F)(F)F)c2)C[C@@H]1C. The summed E-state index contributed by atoms with van der Waals surface area (Å²) in [6, 6.07) is 6.45. The number of alkyl halides is 6. The molecule has 226 valence electrons. The summed E-state index contributed by atoms with van der Waals surface area (Å²) in [4.78, 5) is 18.7. The van der Waals surface area contributed by atoms with Gasteiger partial charge in [-0.05, 0) is 60.4 Å². The number of hydrogen-bond acceptors (Lipinski definition) is 4. The minimum absolute atomic E-state index is 0.0185. The van der Waals surface area contributed by atoms with Crippen molar-refractivity contribution in [3.63, 3.8) is 0 Å². The zero-order valence-electron chi connectivity index (χ0n) is 22.8. The molecule has 0 spiro atoms. The average Bonchev–Trinajstić information content (AvgIpc) is 2.89. The summed E-state index contributed by atoms with van der Waals surface area (Å²) in [6.45, 7) is 5.06. The zero-order valence-corrected chi connectivity index (χ0v) is 23.6. The summed E-state index contributed by atoms with van der Waals surface area (Å²) in [5.74, 6) is -0.417. The number of methoxy groups -OCH3 is 1. The van der Waals surface area contributed by atoms with Gasteiger partial charge in [-0.15, -0.1) is 0 Å². The maximum absolute atomic E-state index is 14.7. The molecule has 42 heavy (non-hydrogen) atoms. The van der Waals surface area contributed by atoms with Crippen LogP contribution in [0.1, 0.15) is 67.2 Å². The molecule has 1 amide bonds. The van der Waals surface area contributed by atoms with E-state index in [0.29, 0.717) is 34.5 Å². The molecule has 0 aliphatic carbocycles. The number of amides is 1. The molecule has 1 aliphatic heterocycles. The Bertz CT molecular complexity index is 1460. The molecule has 1 fully saturated rings. The summed E-state index contributed by atoms with van der Waals surface area (Å²) >= 11 is 6.16. The lowest BCUT2D eigenvalue weighted by Gasteiger charge is -2.37. The zero-order chi connectivity index (χ0) is 31.1. The van der Waals surface area contributed by atoms with Gasteiger partial charge in [0.15, 0.2) is 0 Å². The number of aromatic nitrogens is 1. The van der Waals surface area contributed by atoms with E-state index in [1.165, 1.54) is 24.1 Å². The van der Waals surface area contributed by atoms with Gasteiger partial charge in [0.25, 0.3) is 0 Å². The van der Waals surface area contributed by atoms with Gasteiger partial charge in [0.2, 0.25) is 0 Å². The Morgan fingerprint density at radius 3 is 2.17 bits per heavy atom. The fraction of sp³-hybridized carbons (Fsp3) is 0.379. The second-order valence-electron chi connectivity index (χ2n) is 10.3. The van der Waals surface area contributed by atoms with E-state index in [1.807, 2.05) is 13.8 Å². The average molecular weight is 619 g/mol. The third-order valence-corrected chi connectivity index (χ3v) is 7.25. The molecule has 0 bridgehead atoms.